The molecule has 0 heterocycles. The van der Waals surface area contributed by atoms with Crippen molar-refractivity contribution in [3.8, 4) is 6.07 Å². The Hall–Kier alpha value is -1.60. The summed E-state index contributed by atoms with van der Waals surface area (Å²) in [7, 11) is 0. The van der Waals surface area contributed by atoms with Crippen molar-refractivity contribution in [2.24, 2.45) is 0 Å². The Kier molecular flexibility index (Phi) is 4.47. The number of ether oxygens (including phenoxy) is 1. The average Bonchev–Trinajstić information content (AvgIpc) is 2.27. The molecule has 0 aliphatic carbocycles. The van der Waals surface area contributed by atoms with E-state index in [4.69, 9.17) is 10.00 Å². The molecule has 0 amide bonds. The number of nitriles is 1. The summed E-state index contributed by atoms with van der Waals surface area (Å²) in [6.45, 7) is 7.07. The molecule has 0 radical (unpaired) electrons. The molecule has 0 unspecified atom stereocenters. The van der Waals surface area contributed by atoms with Gasteiger partial charge in [0.1, 0.15) is 11.9 Å². The van der Waals surface area contributed by atoms with Crippen molar-refractivity contribution in [2.45, 2.75) is 26.4 Å². The lowest BCUT2D eigenvalue weighted by molar-refractivity contribution is 0.000693. The highest BCUT2D eigenvalue weighted by molar-refractivity contribution is 5.48. The highest BCUT2D eigenvalue weighted by atomic mass is 19.1. The number of hydrogen-bond acceptors (Lipinski definition) is 3. The summed E-state index contributed by atoms with van der Waals surface area (Å²) in [6, 6.07) is 6.26. The Morgan fingerprint density at radius 3 is 2.71 bits per heavy atom. The van der Waals surface area contributed by atoms with Crippen LogP contribution in [0.15, 0.2) is 18.2 Å². The number of anilines is 1. The molecule has 1 rings (SSSR count). The van der Waals surface area contributed by atoms with Crippen molar-refractivity contribution in [1.82, 2.24) is 0 Å². The first-order valence-electron chi connectivity index (χ1n) is 5.56. The van der Waals surface area contributed by atoms with Crippen LogP contribution in [0.25, 0.3) is 0 Å². The van der Waals surface area contributed by atoms with Gasteiger partial charge in [0.05, 0.1) is 11.2 Å². The molecule has 0 saturated carbocycles. The van der Waals surface area contributed by atoms with Gasteiger partial charge >= 0.3 is 0 Å². The molecule has 1 N–H and O–H groups in total. The number of rotatable bonds is 5. The Morgan fingerprint density at radius 1 is 1.47 bits per heavy atom. The van der Waals surface area contributed by atoms with Crippen LogP contribution in [0.4, 0.5) is 10.1 Å². The first-order chi connectivity index (χ1) is 7.98. The molecule has 0 fully saturated rings. The Balaban J connectivity index is 2.65. The predicted molar refractivity (Wildman–Crippen MR) is 65.3 cm³/mol. The molecule has 4 heteroatoms. The third-order valence-corrected chi connectivity index (χ3v) is 2.34. The molecule has 3 nitrogen and oxygen atoms in total. The Labute approximate surface area is 101 Å². The lowest BCUT2D eigenvalue weighted by atomic mass is 10.1. The van der Waals surface area contributed by atoms with Gasteiger partial charge in [-0.3, -0.25) is 0 Å². The highest BCUT2D eigenvalue weighted by Gasteiger charge is 2.17. The van der Waals surface area contributed by atoms with Gasteiger partial charge in [0.15, 0.2) is 0 Å². The van der Waals surface area contributed by atoms with Crippen LogP contribution in [-0.4, -0.2) is 18.8 Å². The molecular formula is C13H17FN2O. The maximum Gasteiger partial charge on any atom is 0.143 e. The largest absolute Gasteiger partial charge is 0.382 e. The van der Waals surface area contributed by atoms with Crippen LogP contribution in [-0.2, 0) is 4.74 Å². The SMILES string of the molecule is CCOC(C)(C)CNc1ccc(C#N)c(F)c1. The van der Waals surface area contributed by atoms with Crippen LogP contribution in [0.5, 0.6) is 0 Å². The van der Waals surface area contributed by atoms with Crippen molar-refractivity contribution in [2.75, 3.05) is 18.5 Å². The minimum atomic E-state index is -0.508. The Bertz CT molecular complexity index is 424. The van der Waals surface area contributed by atoms with Crippen LogP contribution >= 0.6 is 0 Å². The van der Waals surface area contributed by atoms with Gasteiger partial charge in [0.25, 0.3) is 0 Å². The van der Waals surface area contributed by atoms with E-state index in [1.54, 1.807) is 12.1 Å². The zero-order valence-corrected chi connectivity index (χ0v) is 10.4. The number of nitrogens with one attached hydrogen (secondary N) is 1. The van der Waals surface area contributed by atoms with E-state index in [1.807, 2.05) is 20.8 Å². The fourth-order valence-electron chi connectivity index (χ4n) is 1.47. The molecule has 0 aliphatic heterocycles. The number of nitrogens with zero attached hydrogens (tertiary/aromatic N) is 1. The van der Waals surface area contributed by atoms with Crippen LogP contribution in [0.3, 0.4) is 0 Å². The van der Waals surface area contributed by atoms with Gasteiger partial charge in [0, 0.05) is 18.8 Å². The van der Waals surface area contributed by atoms with Crippen molar-refractivity contribution in [3.05, 3.63) is 29.6 Å². The summed E-state index contributed by atoms with van der Waals surface area (Å²) in [5, 5.41) is 11.7. The summed E-state index contributed by atoms with van der Waals surface area (Å²) in [6.07, 6.45) is 0. The topological polar surface area (TPSA) is 45.0 Å². The summed E-state index contributed by atoms with van der Waals surface area (Å²) in [5.41, 5.74) is 0.396. The lowest BCUT2D eigenvalue weighted by Gasteiger charge is -2.25. The molecular weight excluding hydrogens is 219 g/mol. The first-order valence-corrected chi connectivity index (χ1v) is 5.56. The van der Waals surface area contributed by atoms with Crippen molar-refractivity contribution in [1.29, 1.82) is 5.26 Å². The van der Waals surface area contributed by atoms with E-state index >= 15 is 0 Å². The second kappa shape index (κ2) is 5.65. The third-order valence-electron chi connectivity index (χ3n) is 2.34. The average molecular weight is 236 g/mol. The van der Waals surface area contributed by atoms with Crippen LogP contribution in [0.2, 0.25) is 0 Å². The molecule has 17 heavy (non-hydrogen) atoms. The van der Waals surface area contributed by atoms with Crippen molar-refractivity contribution < 1.29 is 9.13 Å². The van der Waals surface area contributed by atoms with E-state index < -0.39 is 5.82 Å². The molecule has 0 bridgehead atoms. The summed E-state index contributed by atoms with van der Waals surface area (Å²) in [4.78, 5) is 0. The van der Waals surface area contributed by atoms with Crippen LogP contribution in [0, 0.1) is 17.1 Å². The first kappa shape index (κ1) is 13.5. The van der Waals surface area contributed by atoms with E-state index in [1.165, 1.54) is 12.1 Å². The fourth-order valence-corrected chi connectivity index (χ4v) is 1.47. The standard InChI is InChI=1S/C13H17FN2O/c1-4-17-13(2,3)9-16-11-6-5-10(8-15)12(14)7-11/h5-7,16H,4,9H2,1-3H3. The van der Waals surface area contributed by atoms with E-state index in [9.17, 15) is 4.39 Å². The maximum absolute atomic E-state index is 13.3. The molecule has 1 aromatic carbocycles. The van der Waals surface area contributed by atoms with E-state index in [2.05, 4.69) is 5.32 Å². The number of hydrogen-bond donors (Lipinski definition) is 1. The quantitative estimate of drug-likeness (QED) is 0.855. The normalized spacial score (nSPS) is 11.0. The van der Waals surface area contributed by atoms with E-state index in [-0.39, 0.29) is 11.2 Å². The minimum Gasteiger partial charge on any atom is -0.382 e. The van der Waals surface area contributed by atoms with Gasteiger partial charge < -0.3 is 10.1 Å². The zero-order valence-electron chi connectivity index (χ0n) is 10.4. The lowest BCUT2D eigenvalue weighted by Crippen LogP contribution is -2.33. The van der Waals surface area contributed by atoms with Crippen molar-refractivity contribution in [3.63, 3.8) is 0 Å². The molecule has 0 atom stereocenters. The van der Waals surface area contributed by atoms with E-state index in [0.29, 0.717) is 18.8 Å². The minimum absolute atomic E-state index is 0.0552. The smallest absolute Gasteiger partial charge is 0.143 e. The van der Waals surface area contributed by atoms with Gasteiger partial charge in [-0.2, -0.15) is 5.26 Å². The summed E-state index contributed by atoms with van der Waals surface area (Å²) < 4.78 is 18.8. The molecule has 0 aromatic heterocycles. The third kappa shape index (κ3) is 4.04. The summed E-state index contributed by atoms with van der Waals surface area (Å²) in [5.74, 6) is -0.508. The van der Waals surface area contributed by atoms with Crippen LogP contribution in [0.1, 0.15) is 26.3 Å². The van der Waals surface area contributed by atoms with E-state index in [0.717, 1.165) is 0 Å². The number of benzene rings is 1. The van der Waals surface area contributed by atoms with Crippen molar-refractivity contribution >= 4 is 5.69 Å². The monoisotopic (exact) mass is 236 g/mol. The van der Waals surface area contributed by atoms with Gasteiger partial charge in [-0.1, -0.05) is 0 Å². The zero-order chi connectivity index (χ0) is 12.9. The second-order valence-electron chi connectivity index (χ2n) is 4.35. The Morgan fingerprint density at radius 2 is 2.18 bits per heavy atom. The van der Waals surface area contributed by atoms with Crippen LogP contribution < -0.4 is 5.32 Å². The molecule has 0 saturated heterocycles. The number of halogens is 1. The van der Waals surface area contributed by atoms with Gasteiger partial charge in [-0.05, 0) is 39.0 Å². The highest BCUT2D eigenvalue weighted by Crippen LogP contribution is 2.16. The second-order valence-corrected chi connectivity index (χ2v) is 4.35. The molecule has 1 aromatic rings. The molecule has 0 spiro atoms. The predicted octanol–water partition coefficient (Wildman–Crippen LogP) is 2.92. The molecule has 92 valence electrons. The fraction of sp³-hybridized carbons (Fsp3) is 0.462. The summed E-state index contributed by atoms with van der Waals surface area (Å²) >= 11 is 0. The van der Waals surface area contributed by atoms with Gasteiger partial charge in [-0.15, -0.1) is 0 Å². The maximum atomic E-state index is 13.3. The molecule has 0 aliphatic rings. The van der Waals surface area contributed by atoms with Gasteiger partial charge in [0.2, 0.25) is 0 Å². The van der Waals surface area contributed by atoms with Gasteiger partial charge in [-0.25, -0.2) is 4.39 Å².